The van der Waals surface area contributed by atoms with Gasteiger partial charge < -0.3 is 23.8 Å². The molecule has 52 heavy (non-hydrogen) atoms. The van der Waals surface area contributed by atoms with Crippen LogP contribution in [0.15, 0.2) is 84.9 Å². The van der Waals surface area contributed by atoms with Crippen molar-refractivity contribution in [3.63, 3.8) is 0 Å². The minimum absolute atomic E-state index is 0.248. The molecular formula is C45H54N2O5. The maximum absolute atomic E-state index is 13.4. The Morgan fingerprint density at radius 1 is 0.654 bits per heavy atom. The molecule has 1 saturated carbocycles. The van der Waals surface area contributed by atoms with Crippen LogP contribution in [0.25, 0.3) is 0 Å². The topological polar surface area (TPSA) is 60.5 Å². The third kappa shape index (κ3) is 10.2. The summed E-state index contributed by atoms with van der Waals surface area (Å²) in [4.78, 5) is 17.9. The zero-order chi connectivity index (χ0) is 35.5. The monoisotopic (exact) mass is 702 g/mol. The Labute approximate surface area is 309 Å². The lowest BCUT2D eigenvalue weighted by molar-refractivity contribution is -0.133. The SMILES string of the molecule is Cc1ccc2c(c1)Cc1cccc(c1)CN(Cc1ccc3c(c1)Cc1cccc(c1)CN(C(=O)CC1CCCC1)CCOCCO3)CCOCCO2. The number of amides is 1. The first-order valence-electron chi connectivity index (χ1n) is 19.3. The standard InChI is InChI=1S/C45H54N2O5/c1-34-12-14-43-41(24-34)27-36-8-4-10-38(25-36)31-46(16-18-49-20-22-51-43)32-40-13-15-44-42(29-40)28-37-9-5-11-39(26-37)33-47(17-19-50-21-23-52-44)45(48)30-35-6-2-3-7-35/h4-5,8-15,24-26,29,35H,2-3,6-7,16-23,27-28,30-33H2,1H3. The van der Waals surface area contributed by atoms with Crippen LogP contribution in [0.2, 0.25) is 0 Å². The molecule has 7 rings (SSSR count). The van der Waals surface area contributed by atoms with Crippen LogP contribution in [0.3, 0.4) is 0 Å². The third-order valence-electron chi connectivity index (χ3n) is 10.6. The van der Waals surface area contributed by atoms with Gasteiger partial charge in [-0.3, -0.25) is 9.69 Å². The van der Waals surface area contributed by atoms with E-state index in [4.69, 9.17) is 18.9 Å². The molecule has 1 aliphatic carbocycles. The van der Waals surface area contributed by atoms with E-state index in [1.54, 1.807) is 0 Å². The number of fused-ring (bicyclic) bond motifs is 6. The van der Waals surface area contributed by atoms with E-state index in [9.17, 15) is 4.79 Å². The minimum atomic E-state index is 0.248. The van der Waals surface area contributed by atoms with Gasteiger partial charge >= 0.3 is 0 Å². The van der Waals surface area contributed by atoms with Crippen molar-refractivity contribution < 1.29 is 23.7 Å². The Hall–Kier alpha value is -4.17. The van der Waals surface area contributed by atoms with Gasteiger partial charge in [0.15, 0.2) is 0 Å². The van der Waals surface area contributed by atoms with Crippen molar-refractivity contribution in [3.05, 3.63) is 129 Å². The van der Waals surface area contributed by atoms with E-state index in [1.807, 2.05) is 4.90 Å². The summed E-state index contributed by atoms with van der Waals surface area (Å²) in [5, 5.41) is 0. The van der Waals surface area contributed by atoms with Crippen LogP contribution in [-0.2, 0) is 46.7 Å². The van der Waals surface area contributed by atoms with Crippen molar-refractivity contribution in [2.75, 3.05) is 52.7 Å². The number of benzene rings is 4. The van der Waals surface area contributed by atoms with Gasteiger partial charge in [-0.25, -0.2) is 0 Å². The summed E-state index contributed by atoms with van der Waals surface area (Å²) in [5.41, 5.74) is 9.80. The van der Waals surface area contributed by atoms with Crippen LogP contribution in [0.4, 0.5) is 0 Å². The molecular weight excluding hydrogens is 649 g/mol. The highest BCUT2D eigenvalue weighted by atomic mass is 16.5. The molecule has 4 aromatic rings. The summed E-state index contributed by atoms with van der Waals surface area (Å²) in [7, 11) is 0. The smallest absolute Gasteiger partial charge is 0.223 e. The van der Waals surface area contributed by atoms with Gasteiger partial charge in [-0.05, 0) is 76.8 Å². The zero-order valence-corrected chi connectivity index (χ0v) is 30.8. The second kappa shape index (κ2) is 18.0. The number of rotatable bonds is 4. The number of ether oxygens (including phenoxy) is 4. The Balaban J connectivity index is 1.09. The van der Waals surface area contributed by atoms with Gasteiger partial charge in [0.25, 0.3) is 0 Å². The molecule has 0 unspecified atom stereocenters. The van der Waals surface area contributed by atoms with Gasteiger partial charge in [-0.2, -0.15) is 0 Å². The first-order chi connectivity index (χ1) is 25.5. The van der Waals surface area contributed by atoms with Crippen LogP contribution in [0, 0.1) is 12.8 Å². The van der Waals surface area contributed by atoms with Crippen LogP contribution >= 0.6 is 0 Å². The Morgan fingerprint density at radius 3 is 1.98 bits per heavy atom. The fourth-order valence-corrected chi connectivity index (χ4v) is 7.94. The van der Waals surface area contributed by atoms with Crippen molar-refractivity contribution >= 4 is 5.91 Å². The molecule has 0 aromatic heterocycles. The highest BCUT2D eigenvalue weighted by molar-refractivity contribution is 5.76. The zero-order valence-electron chi connectivity index (χ0n) is 30.8. The first-order valence-corrected chi connectivity index (χ1v) is 19.3. The summed E-state index contributed by atoms with van der Waals surface area (Å²) in [6, 6.07) is 30.7. The van der Waals surface area contributed by atoms with Crippen LogP contribution in [-0.4, -0.2) is 68.4 Å². The van der Waals surface area contributed by atoms with Crippen molar-refractivity contribution in [1.82, 2.24) is 9.80 Å². The fraction of sp³-hybridized carbons (Fsp3) is 0.444. The molecule has 1 fully saturated rings. The predicted octanol–water partition coefficient (Wildman–Crippen LogP) is 7.91. The number of hydrogen-bond acceptors (Lipinski definition) is 6. The maximum atomic E-state index is 13.4. The summed E-state index contributed by atoms with van der Waals surface area (Å²) in [5.74, 6) is 2.61. The van der Waals surface area contributed by atoms with E-state index in [-0.39, 0.29) is 5.91 Å². The maximum Gasteiger partial charge on any atom is 0.223 e. The van der Waals surface area contributed by atoms with Crippen LogP contribution in [0.1, 0.15) is 76.6 Å². The summed E-state index contributed by atoms with van der Waals surface area (Å²) >= 11 is 0. The largest absolute Gasteiger partial charge is 0.491 e. The number of carbonyl (C=O) groups excluding carboxylic acids is 1. The molecule has 0 spiro atoms. The number of hydrogen-bond donors (Lipinski definition) is 0. The molecule has 0 atom stereocenters. The van der Waals surface area contributed by atoms with E-state index in [0.717, 1.165) is 55.1 Å². The molecule has 7 heteroatoms. The number of aryl methyl sites for hydroxylation is 1. The fourth-order valence-electron chi connectivity index (χ4n) is 7.94. The molecule has 1 amide bonds. The van der Waals surface area contributed by atoms with Crippen molar-refractivity contribution in [1.29, 1.82) is 0 Å². The molecule has 2 heterocycles. The molecule has 0 saturated heterocycles. The average molecular weight is 703 g/mol. The van der Waals surface area contributed by atoms with Crippen LogP contribution in [0.5, 0.6) is 11.5 Å². The summed E-state index contributed by atoms with van der Waals surface area (Å²) in [6.07, 6.45) is 7.07. The molecule has 0 radical (unpaired) electrons. The lowest BCUT2D eigenvalue weighted by atomic mass is 9.99. The number of carbonyl (C=O) groups is 1. The van der Waals surface area contributed by atoms with Gasteiger partial charge in [-0.15, -0.1) is 0 Å². The van der Waals surface area contributed by atoms with Gasteiger partial charge in [-0.1, -0.05) is 91.2 Å². The summed E-state index contributed by atoms with van der Waals surface area (Å²) < 4.78 is 24.6. The minimum Gasteiger partial charge on any atom is -0.491 e. The Kier molecular flexibility index (Phi) is 12.6. The molecule has 4 aromatic carbocycles. The Morgan fingerprint density at radius 2 is 1.27 bits per heavy atom. The van der Waals surface area contributed by atoms with Gasteiger partial charge in [0.1, 0.15) is 24.7 Å². The van der Waals surface area contributed by atoms with Gasteiger partial charge in [0.05, 0.1) is 26.4 Å². The second-order valence-corrected chi connectivity index (χ2v) is 14.8. The average Bonchev–Trinajstić information content (AvgIpc) is 3.65. The van der Waals surface area contributed by atoms with Crippen molar-refractivity contribution in [2.45, 2.75) is 71.5 Å². The van der Waals surface area contributed by atoms with Crippen LogP contribution < -0.4 is 9.47 Å². The van der Waals surface area contributed by atoms with E-state index in [2.05, 4.69) is 96.8 Å². The summed E-state index contributed by atoms with van der Waals surface area (Å²) in [6.45, 7) is 8.95. The highest BCUT2D eigenvalue weighted by Gasteiger charge is 2.23. The van der Waals surface area contributed by atoms with E-state index in [0.29, 0.717) is 65.1 Å². The lowest BCUT2D eigenvalue weighted by Gasteiger charge is -2.25. The third-order valence-corrected chi connectivity index (χ3v) is 10.6. The molecule has 0 N–H and O–H groups in total. The van der Waals surface area contributed by atoms with Crippen molar-refractivity contribution in [3.8, 4) is 11.5 Å². The van der Waals surface area contributed by atoms with Gasteiger partial charge in [0, 0.05) is 52.0 Å². The lowest BCUT2D eigenvalue weighted by Crippen LogP contribution is -2.34. The number of nitrogens with zero attached hydrogens (tertiary/aromatic N) is 2. The molecule has 3 aliphatic rings. The molecule has 7 nitrogen and oxygen atoms in total. The van der Waals surface area contributed by atoms with E-state index >= 15 is 0 Å². The molecule has 274 valence electrons. The first kappa shape index (κ1) is 36.2. The molecule has 4 bridgehead atoms. The van der Waals surface area contributed by atoms with Gasteiger partial charge in [0.2, 0.25) is 5.91 Å². The Bertz CT molecular complexity index is 1780. The van der Waals surface area contributed by atoms with E-state index < -0.39 is 0 Å². The molecule has 2 aliphatic heterocycles. The quantitative estimate of drug-likeness (QED) is 0.216. The normalized spacial score (nSPS) is 18.2. The van der Waals surface area contributed by atoms with E-state index in [1.165, 1.54) is 59.1 Å². The second-order valence-electron chi connectivity index (χ2n) is 14.8. The van der Waals surface area contributed by atoms with Crippen molar-refractivity contribution in [2.24, 2.45) is 5.92 Å². The highest BCUT2D eigenvalue weighted by Crippen LogP contribution is 2.30. The predicted molar refractivity (Wildman–Crippen MR) is 205 cm³/mol.